The van der Waals surface area contributed by atoms with Crippen LogP contribution in [-0.2, 0) is 4.79 Å². The molecule has 1 saturated heterocycles. The number of nitrogens with one attached hydrogen (secondary N) is 1. The molecule has 0 aliphatic carbocycles. The van der Waals surface area contributed by atoms with Gasteiger partial charge in [0.2, 0.25) is 5.91 Å². The maximum absolute atomic E-state index is 13.4. The molecule has 6 nitrogen and oxygen atoms in total. The highest BCUT2D eigenvalue weighted by atomic mass is 19.2. The van der Waals surface area contributed by atoms with Crippen LogP contribution >= 0.6 is 0 Å². The number of benzene rings is 2. The average Bonchev–Trinajstić information content (AvgIpc) is 3.33. The van der Waals surface area contributed by atoms with Gasteiger partial charge in [-0.3, -0.25) is 19.3 Å². The Balaban J connectivity index is 1.19. The standard InChI is InChI=1S/C23H23F2N3O3/c24-19-8-7-16(12-20(19)25)27-11-9-15(14-27)13-26-21(29)6-3-10-28-22(30)17-4-1-2-5-18(17)23(28)31/h1-2,4-5,7-8,12,15H,3,6,9-11,13-14H2,(H,26,29). The lowest BCUT2D eigenvalue weighted by Gasteiger charge is -2.19. The topological polar surface area (TPSA) is 69.7 Å². The van der Waals surface area contributed by atoms with Gasteiger partial charge in [0.25, 0.3) is 11.8 Å². The zero-order valence-electron chi connectivity index (χ0n) is 16.9. The van der Waals surface area contributed by atoms with Crippen molar-refractivity contribution in [3.8, 4) is 0 Å². The lowest BCUT2D eigenvalue weighted by Crippen LogP contribution is -2.33. The van der Waals surface area contributed by atoms with E-state index in [0.717, 1.165) is 12.5 Å². The third-order valence-corrected chi connectivity index (χ3v) is 5.81. The zero-order valence-corrected chi connectivity index (χ0v) is 16.9. The zero-order chi connectivity index (χ0) is 22.0. The number of rotatable bonds is 7. The summed E-state index contributed by atoms with van der Waals surface area (Å²) in [5.41, 5.74) is 1.45. The summed E-state index contributed by atoms with van der Waals surface area (Å²) in [7, 11) is 0. The molecular weight excluding hydrogens is 404 g/mol. The predicted octanol–water partition coefficient (Wildman–Crippen LogP) is 2.98. The number of hydrogen-bond acceptors (Lipinski definition) is 4. The van der Waals surface area contributed by atoms with Crippen molar-refractivity contribution in [3.63, 3.8) is 0 Å². The van der Waals surface area contributed by atoms with Crippen LogP contribution < -0.4 is 10.2 Å². The van der Waals surface area contributed by atoms with Gasteiger partial charge in [-0.25, -0.2) is 8.78 Å². The van der Waals surface area contributed by atoms with Crippen molar-refractivity contribution in [2.24, 2.45) is 5.92 Å². The Bertz CT molecular complexity index is 992. The summed E-state index contributed by atoms with van der Waals surface area (Å²) in [6.07, 6.45) is 1.45. The number of halogens is 2. The number of nitrogens with zero attached hydrogens (tertiary/aromatic N) is 2. The Labute approximate surface area is 178 Å². The molecule has 0 aromatic heterocycles. The molecular formula is C23H23F2N3O3. The van der Waals surface area contributed by atoms with Crippen LogP contribution in [0, 0.1) is 17.6 Å². The van der Waals surface area contributed by atoms with Crippen LogP contribution in [0.1, 0.15) is 40.0 Å². The largest absolute Gasteiger partial charge is 0.371 e. The highest BCUT2D eigenvalue weighted by Crippen LogP contribution is 2.25. The maximum Gasteiger partial charge on any atom is 0.261 e. The van der Waals surface area contributed by atoms with E-state index < -0.39 is 11.6 Å². The Morgan fingerprint density at radius 3 is 2.42 bits per heavy atom. The second-order valence-electron chi connectivity index (χ2n) is 7.91. The van der Waals surface area contributed by atoms with Gasteiger partial charge in [0.1, 0.15) is 0 Å². The molecule has 162 valence electrons. The van der Waals surface area contributed by atoms with Gasteiger partial charge >= 0.3 is 0 Å². The van der Waals surface area contributed by atoms with Crippen molar-refractivity contribution >= 4 is 23.4 Å². The monoisotopic (exact) mass is 427 g/mol. The molecule has 3 amide bonds. The van der Waals surface area contributed by atoms with E-state index in [2.05, 4.69) is 5.32 Å². The van der Waals surface area contributed by atoms with Gasteiger partial charge in [0.05, 0.1) is 11.1 Å². The summed E-state index contributed by atoms with van der Waals surface area (Å²) in [6, 6.07) is 10.6. The molecule has 2 aliphatic rings. The fraction of sp³-hybridized carbons (Fsp3) is 0.348. The van der Waals surface area contributed by atoms with E-state index in [0.29, 0.717) is 42.9 Å². The molecule has 2 heterocycles. The Kier molecular flexibility index (Phi) is 5.97. The SMILES string of the molecule is O=C(CCCN1C(=O)c2ccccc2C1=O)NCC1CCN(c2ccc(F)c(F)c2)C1. The number of carbonyl (C=O) groups is 3. The smallest absolute Gasteiger partial charge is 0.261 e. The van der Waals surface area contributed by atoms with E-state index in [9.17, 15) is 23.2 Å². The Morgan fingerprint density at radius 1 is 1.03 bits per heavy atom. The van der Waals surface area contributed by atoms with Crippen LogP contribution in [0.2, 0.25) is 0 Å². The van der Waals surface area contributed by atoms with Gasteiger partial charge in [0, 0.05) is 44.4 Å². The molecule has 0 saturated carbocycles. The molecule has 2 aromatic rings. The van der Waals surface area contributed by atoms with Crippen LogP contribution in [0.25, 0.3) is 0 Å². The molecule has 1 fully saturated rings. The highest BCUT2D eigenvalue weighted by molar-refractivity contribution is 6.21. The van der Waals surface area contributed by atoms with Crippen LogP contribution in [0.4, 0.5) is 14.5 Å². The lowest BCUT2D eigenvalue weighted by molar-refractivity contribution is -0.121. The predicted molar refractivity (Wildman–Crippen MR) is 111 cm³/mol. The van der Waals surface area contributed by atoms with Crippen molar-refractivity contribution in [2.45, 2.75) is 19.3 Å². The first-order valence-electron chi connectivity index (χ1n) is 10.4. The highest BCUT2D eigenvalue weighted by Gasteiger charge is 2.34. The van der Waals surface area contributed by atoms with Gasteiger partial charge < -0.3 is 10.2 Å². The van der Waals surface area contributed by atoms with Crippen molar-refractivity contribution in [1.29, 1.82) is 0 Å². The van der Waals surface area contributed by atoms with E-state index in [-0.39, 0.29) is 36.6 Å². The number of hydrogen-bond donors (Lipinski definition) is 1. The maximum atomic E-state index is 13.4. The summed E-state index contributed by atoms with van der Waals surface area (Å²) >= 11 is 0. The van der Waals surface area contributed by atoms with E-state index in [1.807, 2.05) is 4.90 Å². The van der Waals surface area contributed by atoms with Crippen LogP contribution in [-0.4, -0.2) is 48.8 Å². The summed E-state index contributed by atoms with van der Waals surface area (Å²) < 4.78 is 26.5. The lowest BCUT2D eigenvalue weighted by atomic mass is 10.1. The van der Waals surface area contributed by atoms with Gasteiger partial charge in [-0.1, -0.05) is 12.1 Å². The van der Waals surface area contributed by atoms with Crippen molar-refractivity contribution < 1.29 is 23.2 Å². The second kappa shape index (κ2) is 8.83. The van der Waals surface area contributed by atoms with Crippen LogP contribution in [0.15, 0.2) is 42.5 Å². The van der Waals surface area contributed by atoms with Crippen molar-refractivity contribution in [2.75, 3.05) is 31.1 Å². The Morgan fingerprint density at radius 2 is 1.74 bits per heavy atom. The molecule has 8 heteroatoms. The van der Waals surface area contributed by atoms with E-state index in [1.54, 1.807) is 30.3 Å². The van der Waals surface area contributed by atoms with E-state index >= 15 is 0 Å². The normalized spacial score (nSPS) is 17.9. The number of amides is 3. The molecule has 1 unspecified atom stereocenters. The number of imide groups is 1. The first kappa shape index (κ1) is 21.0. The van der Waals surface area contributed by atoms with Crippen LogP contribution in [0.5, 0.6) is 0 Å². The third kappa shape index (κ3) is 4.42. The number of carbonyl (C=O) groups excluding carboxylic acids is 3. The Hall–Kier alpha value is -3.29. The summed E-state index contributed by atoms with van der Waals surface area (Å²) in [6.45, 7) is 2.06. The third-order valence-electron chi connectivity index (χ3n) is 5.81. The molecule has 1 atom stereocenters. The molecule has 0 bridgehead atoms. The fourth-order valence-corrected chi connectivity index (χ4v) is 4.10. The van der Waals surface area contributed by atoms with Crippen molar-refractivity contribution in [1.82, 2.24) is 10.2 Å². The molecule has 4 rings (SSSR count). The quantitative estimate of drug-likeness (QED) is 0.690. The minimum atomic E-state index is -0.868. The molecule has 2 aliphatic heterocycles. The van der Waals surface area contributed by atoms with Crippen LogP contribution in [0.3, 0.4) is 0 Å². The summed E-state index contributed by atoms with van der Waals surface area (Å²) in [5, 5.41) is 2.89. The van der Waals surface area contributed by atoms with Gasteiger partial charge in [-0.05, 0) is 43.0 Å². The first-order chi connectivity index (χ1) is 14.9. The minimum absolute atomic E-state index is 0.136. The summed E-state index contributed by atoms with van der Waals surface area (Å²) in [5.74, 6) is -2.29. The molecule has 2 aromatic carbocycles. The molecule has 31 heavy (non-hydrogen) atoms. The first-order valence-corrected chi connectivity index (χ1v) is 10.4. The molecule has 0 spiro atoms. The van der Waals surface area contributed by atoms with Gasteiger partial charge in [-0.15, -0.1) is 0 Å². The average molecular weight is 427 g/mol. The van der Waals surface area contributed by atoms with Crippen molar-refractivity contribution in [3.05, 3.63) is 65.2 Å². The van der Waals surface area contributed by atoms with E-state index in [4.69, 9.17) is 0 Å². The van der Waals surface area contributed by atoms with E-state index in [1.165, 1.54) is 11.0 Å². The minimum Gasteiger partial charge on any atom is -0.371 e. The summed E-state index contributed by atoms with van der Waals surface area (Å²) in [4.78, 5) is 40.0. The number of anilines is 1. The molecule has 1 N–H and O–H groups in total. The number of fused-ring (bicyclic) bond motifs is 1. The van der Waals surface area contributed by atoms with Gasteiger partial charge in [0.15, 0.2) is 11.6 Å². The molecule has 0 radical (unpaired) electrons. The van der Waals surface area contributed by atoms with Gasteiger partial charge in [-0.2, -0.15) is 0 Å². The second-order valence-corrected chi connectivity index (χ2v) is 7.91. The fourth-order valence-electron chi connectivity index (χ4n) is 4.10.